The molecule has 0 aliphatic heterocycles. The zero-order chi connectivity index (χ0) is 13.9. The third kappa shape index (κ3) is 3.78. The van der Waals surface area contributed by atoms with Gasteiger partial charge >= 0.3 is 0 Å². The molecule has 0 saturated heterocycles. The highest BCUT2D eigenvalue weighted by Gasteiger charge is 2.07. The van der Waals surface area contributed by atoms with E-state index in [0.29, 0.717) is 18.5 Å². The first-order valence-corrected chi connectivity index (χ1v) is 7.91. The largest absolute Gasteiger partial charge is 0.352 e. The highest BCUT2D eigenvalue weighted by Crippen LogP contribution is 2.12. The second-order valence-electron chi connectivity index (χ2n) is 4.41. The maximum Gasteiger partial charge on any atom is 0.251 e. The van der Waals surface area contributed by atoms with Gasteiger partial charge in [-0.2, -0.15) is 5.10 Å². The molecule has 1 aromatic carbocycles. The minimum absolute atomic E-state index is 0.0763. The first-order valence-electron chi connectivity index (χ1n) is 5.85. The van der Waals surface area contributed by atoms with Crippen molar-refractivity contribution in [1.29, 1.82) is 0 Å². The van der Waals surface area contributed by atoms with Gasteiger partial charge in [0, 0.05) is 23.8 Å². The average Bonchev–Trinajstić information content (AvgIpc) is 2.80. The van der Waals surface area contributed by atoms with Gasteiger partial charge in [0.2, 0.25) is 0 Å². The van der Waals surface area contributed by atoms with Crippen molar-refractivity contribution in [1.82, 2.24) is 15.5 Å². The third-order valence-electron chi connectivity index (χ3n) is 2.68. The van der Waals surface area contributed by atoms with Gasteiger partial charge in [0.05, 0.1) is 17.5 Å². The number of H-pyrrole nitrogens is 1. The number of sulfone groups is 1. The van der Waals surface area contributed by atoms with Crippen molar-refractivity contribution in [2.75, 3.05) is 18.6 Å². The van der Waals surface area contributed by atoms with Crippen molar-refractivity contribution in [2.24, 2.45) is 0 Å². The van der Waals surface area contributed by atoms with Crippen LogP contribution in [0.25, 0.3) is 10.9 Å². The van der Waals surface area contributed by atoms with Crippen LogP contribution in [0.4, 0.5) is 0 Å². The topological polar surface area (TPSA) is 91.9 Å². The molecule has 0 atom stereocenters. The Bertz CT molecular complexity index is 691. The van der Waals surface area contributed by atoms with E-state index in [1.54, 1.807) is 18.3 Å². The molecule has 0 saturated carbocycles. The number of carbonyl (C=O) groups excluding carboxylic acids is 1. The lowest BCUT2D eigenvalue weighted by molar-refractivity contribution is 0.0954. The van der Waals surface area contributed by atoms with Crippen LogP contribution in [0, 0.1) is 0 Å². The summed E-state index contributed by atoms with van der Waals surface area (Å²) in [5.41, 5.74) is 1.32. The molecule has 1 aromatic heterocycles. The van der Waals surface area contributed by atoms with Crippen molar-refractivity contribution >= 4 is 26.6 Å². The molecule has 0 unspecified atom stereocenters. The Morgan fingerprint density at radius 2 is 2.21 bits per heavy atom. The standard InChI is InChI=1S/C12H15N3O3S/c1-19(17,18)6-2-5-13-12(16)9-3-4-10-8-14-15-11(10)7-9/h3-4,7-8H,2,5-6H2,1H3,(H,13,16)(H,14,15). The number of carbonyl (C=O) groups is 1. The van der Waals surface area contributed by atoms with E-state index in [2.05, 4.69) is 15.5 Å². The summed E-state index contributed by atoms with van der Waals surface area (Å²) in [6.45, 7) is 0.340. The van der Waals surface area contributed by atoms with Gasteiger partial charge in [-0.1, -0.05) is 6.07 Å². The normalized spacial score (nSPS) is 11.6. The van der Waals surface area contributed by atoms with E-state index >= 15 is 0 Å². The van der Waals surface area contributed by atoms with Crippen LogP contribution in [0.5, 0.6) is 0 Å². The number of fused-ring (bicyclic) bond motifs is 1. The van der Waals surface area contributed by atoms with Gasteiger partial charge in [-0.15, -0.1) is 0 Å². The fourth-order valence-electron chi connectivity index (χ4n) is 1.72. The zero-order valence-electron chi connectivity index (χ0n) is 10.5. The van der Waals surface area contributed by atoms with Crippen LogP contribution in [0.2, 0.25) is 0 Å². The smallest absolute Gasteiger partial charge is 0.251 e. The van der Waals surface area contributed by atoms with Gasteiger partial charge in [-0.05, 0) is 18.6 Å². The van der Waals surface area contributed by atoms with E-state index in [9.17, 15) is 13.2 Å². The number of aromatic amines is 1. The number of nitrogens with one attached hydrogen (secondary N) is 2. The van der Waals surface area contributed by atoms with Gasteiger partial charge in [0.1, 0.15) is 9.84 Å². The number of amides is 1. The van der Waals surface area contributed by atoms with Crippen molar-refractivity contribution in [3.8, 4) is 0 Å². The molecule has 7 heteroatoms. The van der Waals surface area contributed by atoms with Crippen LogP contribution in [-0.4, -0.2) is 43.1 Å². The van der Waals surface area contributed by atoms with E-state index in [1.807, 2.05) is 6.07 Å². The molecular weight excluding hydrogens is 266 g/mol. The Morgan fingerprint density at radius 1 is 1.42 bits per heavy atom. The maximum atomic E-state index is 11.8. The average molecular weight is 281 g/mol. The Labute approximate surface area is 111 Å². The zero-order valence-corrected chi connectivity index (χ0v) is 11.3. The first kappa shape index (κ1) is 13.5. The number of hydrogen-bond acceptors (Lipinski definition) is 4. The summed E-state index contributed by atoms with van der Waals surface area (Å²) >= 11 is 0. The number of aromatic nitrogens is 2. The molecule has 0 aliphatic carbocycles. The van der Waals surface area contributed by atoms with Crippen LogP contribution in [0.15, 0.2) is 24.4 Å². The lowest BCUT2D eigenvalue weighted by atomic mass is 10.1. The van der Waals surface area contributed by atoms with E-state index < -0.39 is 9.84 Å². The van der Waals surface area contributed by atoms with Gasteiger partial charge in [-0.25, -0.2) is 8.42 Å². The predicted molar refractivity (Wildman–Crippen MR) is 72.8 cm³/mol. The SMILES string of the molecule is CS(=O)(=O)CCCNC(=O)c1ccc2cn[nH]c2c1. The quantitative estimate of drug-likeness (QED) is 0.790. The molecule has 2 N–H and O–H groups in total. The minimum Gasteiger partial charge on any atom is -0.352 e. The van der Waals surface area contributed by atoms with Crippen molar-refractivity contribution in [3.05, 3.63) is 30.0 Å². The van der Waals surface area contributed by atoms with Crippen LogP contribution in [0.3, 0.4) is 0 Å². The van der Waals surface area contributed by atoms with E-state index in [0.717, 1.165) is 10.9 Å². The Hall–Kier alpha value is -1.89. The Morgan fingerprint density at radius 3 is 2.95 bits per heavy atom. The fraction of sp³-hybridized carbons (Fsp3) is 0.333. The van der Waals surface area contributed by atoms with Crippen molar-refractivity contribution in [3.63, 3.8) is 0 Å². The summed E-state index contributed by atoms with van der Waals surface area (Å²) in [5.74, 6) is -0.141. The summed E-state index contributed by atoms with van der Waals surface area (Å²) in [6.07, 6.45) is 3.28. The van der Waals surface area contributed by atoms with Crippen LogP contribution < -0.4 is 5.32 Å². The fourth-order valence-corrected chi connectivity index (χ4v) is 2.39. The van der Waals surface area contributed by atoms with Gasteiger partial charge in [0.15, 0.2) is 0 Å². The molecule has 0 radical (unpaired) electrons. The number of nitrogens with zero attached hydrogens (tertiary/aromatic N) is 1. The van der Waals surface area contributed by atoms with Crippen LogP contribution in [0.1, 0.15) is 16.8 Å². The highest BCUT2D eigenvalue weighted by molar-refractivity contribution is 7.90. The summed E-state index contributed by atoms with van der Waals surface area (Å²) in [5, 5.41) is 10.3. The number of rotatable bonds is 5. The minimum atomic E-state index is -2.97. The van der Waals surface area contributed by atoms with E-state index in [-0.39, 0.29) is 11.7 Å². The lowest BCUT2D eigenvalue weighted by Gasteiger charge is -2.04. The second-order valence-corrected chi connectivity index (χ2v) is 6.67. The summed E-state index contributed by atoms with van der Waals surface area (Å²) in [6, 6.07) is 5.24. The Balaban J connectivity index is 1.92. The molecule has 1 heterocycles. The number of hydrogen-bond donors (Lipinski definition) is 2. The molecule has 2 aromatic rings. The van der Waals surface area contributed by atoms with Gasteiger partial charge in [0.25, 0.3) is 5.91 Å². The van der Waals surface area contributed by atoms with Gasteiger partial charge in [-0.3, -0.25) is 9.89 Å². The molecule has 102 valence electrons. The molecule has 0 spiro atoms. The van der Waals surface area contributed by atoms with Crippen LogP contribution >= 0.6 is 0 Å². The second kappa shape index (κ2) is 5.40. The molecule has 0 fully saturated rings. The monoisotopic (exact) mass is 281 g/mol. The summed E-state index contributed by atoms with van der Waals surface area (Å²) in [7, 11) is -2.97. The molecule has 2 rings (SSSR count). The summed E-state index contributed by atoms with van der Waals surface area (Å²) in [4.78, 5) is 11.8. The third-order valence-corrected chi connectivity index (χ3v) is 3.71. The molecule has 0 aliphatic rings. The predicted octanol–water partition coefficient (Wildman–Crippen LogP) is 0.727. The summed E-state index contributed by atoms with van der Waals surface area (Å²) < 4.78 is 21.9. The lowest BCUT2D eigenvalue weighted by Crippen LogP contribution is -2.25. The number of benzene rings is 1. The molecule has 19 heavy (non-hydrogen) atoms. The van der Waals surface area contributed by atoms with E-state index in [4.69, 9.17) is 0 Å². The maximum absolute atomic E-state index is 11.8. The van der Waals surface area contributed by atoms with Crippen molar-refractivity contribution in [2.45, 2.75) is 6.42 Å². The molecule has 6 nitrogen and oxygen atoms in total. The molecular formula is C12H15N3O3S. The van der Waals surface area contributed by atoms with Crippen molar-refractivity contribution < 1.29 is 13.2 Å². The highest BCUT2D eigenvalue weighted by atomic mass is 32.2. The van der Waals surface area contributed by atoms with E-state index in [1.165, 1.54) is 6.26 Å². The van der Waals surface area contributed by atoms with Crippen LogP contribution in [-0.2, 0) is 9.84 Å². The molecule has 1 amide bonds. The first-order chi connectivity index (χ1) is 8.96. The molecule has 0 bridgehead atoms. The van der Waals surface area contributed by atoms with Gasteiger partial charge < -0.3 is 5.32 Å². The Kier molecular flexibility index (Phi) is 3.84.